The Morgan fingerprint density at radius 1 is 1.12 bits per heavy atom. The molecule has 1 aliphatic heterocycles. The third-order valence-corrected chi connectivity index (χ3v) is 4.38. The number of halogens is 3. The fourth-order valence-corrected chi connectivity index (χ4v) is 3.08. The van der Waals surface area contributed by atoms with Crippen molar-refractivity contribution in [2.75, 3.05) is 19.7 Å². The summed E-state index contributed by atoms with van der Waals surface area (Å²) in [6.07, 6.45) is 0.689. The summed E-state index contributed by atoms with van der Waals surface area (Å²) in [6, 6.07) is 8.93. The zero-order chi connectivity index (χ0) is 18.5. The predicted octanol–water partition coefficient (Wildman–Crippen LogP) is 2.74. The van der Waals surface area contributed by atoms with Gasteiger partial charge in [0.1, 0.15) is 11.6 Å². The fourth-order valence-electron chi connectivity index (χ4n) is 3.08. The first-order chi connectivity index (χ1) is 12.5. The van der Waals surface area contributed by atoms with Gasteiger partial charge in [-0.1, -0.05) is 6.07 Å². The Labute approximate surface area is 149 Å². The minimum Gasteiger partial charge on any atom is -0.484 e. The van der Waals surface area contributed by atoms with Crippen LogP contribution in [0.1, 0.15) is 17.9 Å². The zero-order valence-electron chi connectivity index (χ0n) is 14.0. The highest BCUT2D eigenvalue weighted by atomic mass is 19.2. The molecule has 2 N–H and O–H groups in total. The van der Waals surface area contributed by atoms with E-state index in [1.54, 1.807) is 6.07 Å². The molecule has 0 saturated carbocycles. The van der Waals surface area contributed by atoms with Crippen LogP contribution in [0.2, 0.25) is 0 Å². The lowest BCUT2D eigenvalue weighted by Crippen LogP contribution is -2.51. The van der Waals surface area contributed by atoms with E-state index < -0.39 is 11.6 Å². The van der Waals surface area contributed by atoms with Crippen molar-refractivity contribution in [2.24, 2.45) is 0 Å². The lowest BCUT2D eigenvalue weighted by atomic mass is 9.86. The number of rotatable bonds is 5. The lowest BCUT2D eigenvalue weighted by molar-refractivity contribution is -0.124. The number of amides is 1. The van der Waals surface area contributed by atoms with Crippen molar-refractivity contribution in [1.29, 1.82) is 0 Å². The first kappa shape index (κ1) is 18.3. The minimum absolute atomic E-state index is 0.124. The van der Waals surface area contributed by atoms with Crippen LogP contribution in [0.5, 0.6) is 5.75 Å². The maximum absolute atomic E-state index is 13.5. The molecule has 3 rings (SSSR count). The fraction of sp³-hybridized carbons (Fsp3) is 0.316. The summed E-state index contributed by atoms with van der Waals surface area (Å²) in [4.78, 5) is 12.2. The van der Waals surface area contributed by atoms with Crippen molar-refractivity contribution in [3.05, 3.63) is 65.5 Å². The Hall–Kier alpha value is -2.54. The van der Waals surface area contributed by atoms with Gasteiger partial charge in [0.2, 0.25) is 0 Å². The first-order valence-corrected chi connectivity index (χ1v) is 8.36. The lowest BCUT2D eigenvalue weighted by Gasteiger charge is -2.33. The SMILES string of the molecule is O=C(COc1ccc(F)cc1)NC1CNCCC1c1ccc(F)c(F)c1. The molecule has 0 aliphatic carbocycles. The molecule has 4 nitrogen and oxygen atoms in total. The van der Waals surface area contributed by atoms with Crippen LogP contribution in [0.25, 0.3) is 0 Å². The maximum Gasteiger partial charge on any atom is 0.258 e. The van der Waals surface area contributed by atoms with Gasteiger partial charge in [0.05, 0.1) is 0 Å². The van der Waals surface area contributed by atoms with Gasteiger partial charge in [-0.25, -0.2) is 13.2 Å². The monoisotopic (exact) mass is 364 g/mol. The summed E-state index contributed by atoms with van der Waals surface area (Å²) in [5, 5.41) is 6.05. The number of benzene rings is 2. The second-order valence-corrected chi connectivity index (χ2v) is 6.19. The van der Waals surface area contributed by atoms with Crippen LogP contribution in [0.3, 0.4) is 0 Å². The van der Waals surface area contributed by atoms with E-state index in [0.29, 0.717) is 24.3 Å². The molecule has 1 heterocycles. The van der Waals surface area contributed by atoms with Gasteiger partial charge < -0.3 is 15.4 Å². The largest absolute Gasteiger partial charge is 0.484 e. The summed E-state index contributed by atoms with van der Waals surface area (Å²) in [5.41, 5.74) is 0.648. The number of piperidine rings is 1. The average molecular weight is 364 g/mol. The molecular formula is C19H19F3N2O2. The second kappa shape index (κ2) is 8.23. The molecular weight excluding hydrogens is 345 g/mol. The van der Waals surface area contributed by atoms with Crippen LogP contribution >= 0.6 is 0 Å². The van der Waals surface area contributed by atoms with Crippen LogP contribution < -0.4 is 15.4 Å². The molecule has 1 amide bonds. The molecule has 1 aliphatic rings. The molecule has 7 heteroatoms. The first-order valence-electron chi connectivity index (χ1n) is 8.36. The normalized spacial score (nSPS) is 19.8. The summed E-state index contributed by atoms with van der Waals surface area (Å²) >= 11 is 0. The van der Waals surface area contributed by atoms with Gasteiger partial charge in [0.25, 0.3) is 5.91 Å². The van der Waals surface area contributed by atoms with Crippen molar-refractivity contribution in [3.8, 4) is 5.75 Å². The van der Waals surface area contributed by atoms with Crippen LogP contribution in [-0.2, 0) is 4.79 Å². The van der Waals surface area contributed by atoms with E-state index in [0.717, 1.165) is 12.6 Å². The van der Waals surface area contributed by atoms with E-state index in [1.807, 2.05) is 0 Å². The van der Waals surface area contributed by atoms with Crippen LogP contribution in [0.15, 0.2) is 42.5 Å². The molecule has 0 radical (unpaired) electrons. The molecule has 1 saturated heterocycles. The maximum atomic E-state index is 13.5. The Kier molecular flexibility index (Phi) is 5.78. The molecule has 26 heavy (non-hydrogen) atoms. The smallest absolute Gasteiger partial charge is 0.258 e. The van der Waals surface area contributed by atoms with Crippen molar-refractivity contribution >= 4 is 5.91 Å². The van der Waals surface area contributed by atoms with Crippen molar-refractivity contribution < 1.29 is 22.7 Å². The second-order valence-electron chi connectivity index (χ2n) is 6.19. The van der Waals surface area contributed by atoms with Gasteiger partial charge in [-0.15, -0.1) is 0 Å². The molecule has 2 aromatic carbocycles. The summed E-state index contributed by atoms with van der Waals surface area (Å²) < 4.78 is 44.9. The summed E-state index contributed by atoms with van der Waals surface area (Å²) in [7, 11) is 0. The standard InChI is InChI=1S/C19H19F3N2O2/c20-13-2-4-14(5-3-13)26-11-19(25)24-18-10-23-8-7-15(18)12-1-6-16(21)17(22)9-12/h1-6,9,15,18,23H,7-8,10-11H2,(H,24,25). The van der Waals surface area contributed by atoms with E-state index in [9.17, 15) is 18.0 Å². The number of carbonyl (C=O) groups excluding carboxylic acids is 1. The predicted molar refractivity (Wildman–Crippen MR) is 90.4 cm³/mol. The number of hydrogen-bond donors (Lipinski definition) is 2. The van der Waals surface area contributed by atoms with Gasteiger partial charge in [-0.05, 0) is 54.9 Å². The Balaban J connectivity index is 1.61. The third kappa shape index (κ3) is 4.54. The molecule has 0 spiro atoms. The van der Waals surface area contributed by atoms with Gasteiger partial charge in [-0.2, -0.15) is 0 Å². The molecule has 2 unspecified atom stereocenters. The molecule has 0 aromatic heterocycles. The third-order valence-electron chi connectivity index (χ3n) is 4.38. The van der Waals surface area contributed by atoms with E-state index in [1.165, 1.54) is 30.3 Å². The topological polar surface area (TPSA) is 50.4 Å². The van der Waals surface area contributed by atoms with E-state index in [4.69, 9.17) is 4.74 Å². The number of carbonyl (C=O) groups is 1. The van der Waals surface area contributed by atoms with Crippen molar-refractivity contribution in [1.82, 2.24) is 10.6 Å². The molecule has 138 valence electrons. The van der Waals surface area contributed by atoms with E-state index in [-0.39, 0.29) is 30.3 Å². The van der Waals surface area contributed by atoms with Gasteiger partial charge >= 0.3 is 0 Å². The van der Waals surface area contributed by atoms with Gasteiger partial charge in [0, 0.05) is 18.5 Å². The van der Waals surface area contributed by atoms with Crippen LogP contribution in [-0.4, -0.2) is 31.6 Å². The van der Waals surface area contributed by atoms with E-state index >= 15 is 0 Å². The number of hydrogen-bond acceptors (Lipinski definition) is 3. The zero-order valence-corrected chi connectivity index (χ0v) is 14.0. The molecule has 1 fully saturated rings. The quantitative estimate of drug-likeness (QED) is 0.858. The average Bonchev–Trinajstić information content (AvgIpc) is 2.64. The highest BCUT2D eigenvalue weighted by Gasteiger charge is 2.28. The molecule has 2 atom stereocenters. The highest BCUT2D eigenvalue weighted by Crippen LogP contribution is 2.27. The van der Waals surface area contributed by atoms with Crippen molar-refractivity contribution in [2.45, 2.75) is 18.4 Å². The minimum atomic E-state index is -0.897. The van der Waals surface area contributed by atoms with Crippen LogP contribution in [0.4, 0.5) is 13.2 Å². The highest BCUT2D eigenvalue weighted by molar-refractivity contribution is 5.78. The molecule has 0 bridgehead atoms. The van der Waals surface area contributed by atoms with Gasteiger partial charge in [-0.3, -0.25) is 4.79 Å². The molecule has 2 aromatic rings. The van der Waals surface area contributed by atoms with Gasteiger partial charge in [0.15, 0.2) is 18.2 Å². The summed E-state index contributed by atoms with van der Waals surface area (Å²) in [5.74, 6) is -2.25. The summed E-state index contributed by atoms with van der Waals surface area (Å²) in [6.45, 7) is 1.03. The Morgan fingerprint density at radius 2 is 1.88 bits per heavy atom. The number of ether oxygens (including phenoxy) is 1. The Morgan fingerprint density at radius 3 is 2.62 bits per heavy atom. The van der Waals surface area contributed by atoms with Crippen molar-refractivity contribution in [3.63, 3.8) is 0 Å². The van der Waals surface area contributed by atoms with Crippen LogP contribution in [0, 0.1) is 17.5 Å². The van der Waals surface area contributed by atoms with E-state index in [2.05, 4.69) is 10.6 Å². The number of nitrogens with one attached hydrogen (secondary N) is 2. The Bertz CT molecular complexity index is 768.